The summed E-state index contributed by atoms with van der Waals surface area (Å²) in [5.74, 6) is -0.289. The first-order valence-electron chi connectivity index (χ1n) is 8.60. The van der Waals surface area contributed by atoms with Gasteiger partial charge in [0.1, 0.15) is 16.2 Å². The number of pyridine rings is 1. The number of rotatable bonds is 5. The molecule has 0 atom stereocenters. The molecule has 0 radical (unpaired) electrons. The lowest BCUT2D eigenvalue weighted by Crippen LogP contribution is -2.35. The lowest BCUT2D eigenvalue weighted by atomic mass is 10.2. The number of anilines is 1. The highest BCUT2D eigenvalue weighted by Gasteiger charge is 2.29. The van der Waals surface area contributed by atoms with Crippen molar-refractivity contribution in [1.29, 1.82) is 0 Å². The van der Waals surface area contributed by atoms with E-state index < -0.39 is 15.9 Å². The van der Waals surface area contributed by atoms with Crippen molar-refractivity contribution >= 4 is 21.6 Å². The van der Waals surface area contributed by atoms with E-state index in [1.54, 1.807) is 6.07 Å². The van der Waals surface area contributed by atoms with E-state index in [4.69, 9.17) is 4.74 Å². The average molecular weight is 391 g/mol. The molecule has 27 heavy (non-hydrogen) atoms. The third-order valence-corrected chi connectivity index (χ3v) is 6.31. The van der Waals surface area contributed by atoms with Crippen LogP contribution in [0.2, 0.25) is 0 Å². The van der Waals surface area contributed by atoms with Gasteiger partial charge in [-0.3, -0.25) is 4.79 Å². The molecule has 0 saturated carbocycles. The van der Waals surface area contributed by atoms with Gasteiger partial charge in [-0.15, -0.1) is 0 Å². The number of amides is 1. The minimum Gasteiger partial charge on any atom is -0.619 e. The summed E-state index contributed by atoms with van der Waals surface area (Å²) in [7, 11) is -2.33. The van der Waals surface area contributed by atoms with Gasteiger partial charge in [-0.1, -0.05) is 6.42 Å². The van der Waals surface area contributed by atoms with Gasteiger partial charge in [0.2, 0.25) is 10.0 Å². The zero-order chi connectivity index (χ0) is 19.4. The van der Waals surface area contributed by atoms with Gasteiger partial charge < -0.3 is 15.3 Å². The number of benzene rings is 1. The Morgan fingerprint density at radius 2 is 1.96 bits per heavy atom. The summed E-state index contributed by atoms with van der Waals surface area (Å²) in [6.07, 6.45) is 5.07. The zero-order valence-corrected chi connectivity index (χ0v) is 15.7. The summed E-state index contributed by atoms with van der Waals surface area (Å²) < 4.78 is 33.2. The maximum atomic E-state index is 13.0. The van der Waals surface area contributed by atoms with E-state index in [-0.39, 0.29) is 16.2 Å². The molecule has 1 amide bonds. The van der Waals surface area contributed by atoms with Crippen LogP contribution in [0.5, 0.6) is 5.75 Å². The highest BCUT2D eigenvalue weighted by atomic mass is 32.2. The highest BCUT2D eigenvalue weighted by molar-refractivity contribution is 7.89. The number of carbonyl (C=O) groups is 1. The molecule has 2 heterocycles. The number of nitrogens with zero attached hydrogens (tertiary/aromatic N) is 2. The molecule has 0 spiro atoms. The van der Waals surface area contributed by atoms with Crippen molar-refractivity contribution in [2.45, 2.75) is 24.2 Å². The number of nitrogens with one attached hydrogen (secondary N) is 1. The fourth-order valence-electron chi connectivity index (χ4n) is 2.99. The Morgan fingerprint density at radius 3 is 2.63 bits per heavy atom. The van der Waals surface area contributed by atoms with Gasteiger partial charge in [-0.05, 0) is 37.1 Å². The molecule has 9 heteroatoms. The van der Waals surface area contributed by atoms with Gasteiger partial charge in [0.25, 0.3) is 5.91 Å². The van der Waals surface area contributed by atoms with Gasteiger partial charge >= 0.3 is 0 Å². The Balaban J connectivity index is 1.90. The molecule has 0 aliphatic carbocycles. The highest BCUT2D eigenvalue weighted by Crippen LogP contribution is 2.31. The number of methoxy groups -OCH3 is 1. The number of hydrogen-bond acceptors (Lipinski definition) is 5. The Labute approximate surface area is 158 Å². The summed E-state index contributed by atoms with van der Waals surface area (Å²) in [6, 6.07) is 7.40. The third kappa shape index (κ3) is 4.20. The van der Waals surface area contributed by atoms with Gasteiger partial charge in [0.05, 0.1) is 7.11 Å². The predicted octanol–water partition coefficient (Wildman–Crippen LogP) is 1.76. The number of aromatic nitrogens is 1. The SMILES string of the molecule is COc1ccc(NC(=O)c2ccc[n+]([O-])c2)cc1S(=O)(=O)N1CCCCC1. The summed E-state index contributed by atoms with van der Waals surface area (Å²) in [5.41, 5.74) is 0.474. The lowest BCUT2D eigenvalue weighted by Gasteiger charge is -2.26. The van der Waals surface area contributed by atoms with E-state index in [1.807, 2.05) is 0 Å². The third-order valence-electron chi connectivity index (χ3n) is 4.39. The van der Waals surface area contributed by atoms with E-state index in [1.165, 1.54) is 41.9 Å². The molecular formula is C18H21N3O5S. The second-order valence-corrected chi connectivity index (χ2v) is 8.14. The minimum atomic E-state index is -3.73. The number of ether oxygens (including phenoxy) is 1. The number of carbonyl (C=O) groups excluding carboxylic acids is 1. The maximum Gasteiger partial charge on any atom is 0.261 e. The molecule has 1 aromatic carbocycles. The van der Waals surface area contributed by atoms with Crippen molar-refractivity contribution in [2.24, 2.45) is 0 Å². The molecule has 1 aromatic heterocycles. The van der Waals surface area contributed by atoms with Crippen molar-refractivity contribution in [3.63, 3.8) is 0 Å². The average Bonchev–Trinajstić information content (AvgIpc) is 2.68. The summed E-state index contributed by atoms with van der Waals surface area (Å²) >= 11 is 0. The number of piperidine rings is 1. The molecule has 0 unspecified atom stereocenters. The smallest absolute Gasteiger partial charge is 0.261 e. The summed E-state index contributed by atoms with van der Waals surface area (Å²) in [4.78, 5) is 12.3. The van der Waals surface area contributed by atoms with E-state index in [0.717, 1.165) is 25.5 Å². The minimum absolute atomic E-state index is 0.0108. The Kier molecular flexibility index (Phi) is 5.62. The Morgan fingerprint density at radius 1 is 1.22 bits per heavy atom. The normalized spacial score (nSPS) is 15.3. The molecule has 1 fully saturated rings. The quantitative estimate of drug-likeness (QED) is 0.618. The van der Waals surface area contributed by atoms with Crippen LogP contribution in [0, 0.1) is 5.21 Å². The molecule has 1 aliphatic rings. The fourth-order valence-corrected chi connectivity index (χ4v) is 4.69. The first kappa shape index (κ1) is 19.1. The van der Waals surface area contributed by atoms with Crippen LogP contribution in [0.4, 0.5) is 5.69 Å². The largest absolute Gasteiger partial charge is 0.619 e. The van der Waals surface area contributed by atoms with Gasteiger partial charge in [0, 0.05) is 24.8 Å². The van der Waals surface area contributed by atoms with Crippen LogP contribution in [-0.2, 0) is 10.0 Å². The Bertz CT molecular complexity index is 940. The van der Waals surface area contributed by atoms with E-state index >= 15 is 0 Å². The van der Waals surface area contributed by atoms with Crippen LogP contribution in [0.3, 0.4) is 0 Å². The molecule has 0 bridgehead atoms. The van der Waals surface area contributed by atoms with Crippen molar-refractivity contribution in [3.05, 3.63) is 53.5 Å². The summed E-state index contributed by atoms with van der Waals surface area (Å²) in [6.45, 7) is 0.936. The van der Waals surface area contributed by atoms with Crippen LogP contribution < -0.4 is 14.8 Å². The molecule has 144 valence electrons. The van der Waals surface area contributed by atoms with Gasteiger partial charge in [-0.25, -0.2) is 8.42 Å². The predicted molar refractivity (Wildman–Crippen MR) is 99.0 cm³/mol. The van der Waals surface area contributed by atoms with Crippen LogP contribution in [-0.4, -0.2) is 38.8 Å². The molecule has 2 aromatic rings. The second kappa shape index (κ2) is 7.93. The van der Waals surface area contributed by atoms with Crippen molar-refractivity contribution in [1.82, 2.24) is 4.31 Å². The van der Waals surface area contributed by atoms with Crippen LogP contribution >= 0.6 is 0 Å². The van der Waals surface area contributed by atoms with Crippen LogP contribution in [0.25, 0.3) is 0 Å². The van der Waals surface area contributed by atoms with Gasteiger partial charge in [-0.2, -0.15) is 9.04 Å². The molecular weight excluding hydrogens is 370 g/mol. The van der Waals surface area contributed by atoms with Crippen molar-refractivity contribution in [3.8, 4) is 5.75 Å². The molecule has 8 nitrogen and oxygen atoms in total. The first-order valence-corrected chi connectivity index (χ1v) is 10.0. The van der Waals surface area contributed by atoms with Crippen LogP contribution in [0.1, 0.15) is 29.6 Å². The van der Waals surface area contributed by atoms with E-state index in [0.29, 0.717) is 23.5 Å². The standard InChI is InChI=1S/C18H21N3O5S/c1-26-16-8-7-15(19-18(22)14-6-5-9-20(23)13-14)12-17(16)27(24,25)21-10-3-2-4-11-21/h5-9,12-13H,2-4,10-11H2,1H3,(H,19,22). The lowest BCUT2D eigenvalue weighted by molar-refractivity contribution is -0.605. The topological polar surface area (TPSA) is 103 Å². The molecule has 1 aliphatic heterocycles. The fraction of sp³-hybridized carbons (Fsp3) is 0.333. The summed E-state index contributed by atoms with van der Waals surface area (Å²) in [5, 5.41) is 13.9. The van der Waals surface area contributed by atoms with E-state index in [9.17, 15) is 18.4 Å². The van der Waals surface area contributed by atoms with Gasteiger partial charge in [0.15, 0.2) is 12.4 Å². The second-order valence-electron chi connectivity index (χ2n) is 6.24. The molecule has 1 saturated heterocycles. The first-order chi connectivity index (χ1) is 12.9. The molecule has 1 N–H and O–H groups in total. The zero-order valence-electron chi connectivity index (χ0n) is 14.9. The van der Waals surface area contributed by atoms with Crippen LogP contribution in [0.15, 0.2) is 47.6 Å². The number of sulfonamides is 1. The van der Waals surface area contributed by atoms with E-state index in [2.05, 4.69) is 5.32 Å². The maximum absolute atomic E-state index is 13.0. The monoisotopic (exact) mass is 391 g/mol. The Hall–Kier alpha value is -2.65. The van der Waals surface area contributed by atoms with Crippen molar-refractivity contribution in [2.75, 3.05) is 25.5 Å². The molecule has 3 rings (SSSR count). The number of hydrogen-bond donors (Lipinski definition) is 1. The van der Waals surface area contributed by atoms with Crippen molar-refractivity contribution < 1.29 is 22.7 Å².